The topological polar surface area (TPSA) is 99.2 Å². The number of amides is 1. The van der Waals surface area contributed by atoms with Crippen LogP contribution in [0.4, 0.5) is 4.39 Å². The molecule has 0 radical (unpaired) electrons. The molecule has 1 unspecified atom stereocenters. The number of nitrogens with zero attached hydrogens (tertiary/aromatic N) is 5. The van der Waals surface area contributed by atoms with Crippen molar-refractivity contribution in [2.45, 2.75) is 25.4 Å². The Hall–Kier alpha value is -3.33. The maximum Gasteiger partial charge on any atom is 0.220 e. The average Bonchev–Trinajstić information content (AvgIpc) is 3.24. The molecule has 9 heteroatoms. The Morgan fingerprint density at radius 1 is 1.16 bits per heavy atom. The van der Waals surface area contributed by atoms with E-state index in [1.54, 1.807) is 23.9 Å². The van der Waals surface area contributed by atoms with Gasteiger partial charge in [-0.05, 0) is 71.8 Å². The van der Waals surface area contributed by atoms with Crippen molar-refractivity contribution in [2.24, 2.45) is 11.7 Å². The molecule has 4 rings (SSSR count). The number of hydrogen-bond acceptors (Lipinski definition) is 6. The minimum atomic E-state index is -0.283. The summed E-state index contributed by atoms with van der Waals surface area (Å²) in [6.45, 7) is 1.83. The van der Waals surface area contributed by atoms with Gasteiger partial charge in [0.25, 0.3) is 0 Å². The van der Waals surface area contributed by atoms with Crippen molar-refractivity contribution >= 4 is 5.91 Å². The highest BCUT2D eigenvalue weighted by Gasteiger charge is 2.32. The summed E-state index contributed by atoms with van der Waals surface area (Å²) in [6, 6.07) is 13.9. The van der Waals surface area contributed by atoms with Crippen molar-refractivity contribution in [2.75, 3.05) is 20.2 Å². The molecule has 1 saturated heterocycles. The first-order valence-corrected chi connectivity index (χ1v) is 10.2. The van der Waals surface area contributed by atoms with Crippen molar-refractivity contribution in [1.29, 1.82) is 0 Å². The summed E-state index contributed by atoms with van der Waals surface area (Å²) < 4.78 is 20.3. The Morgan fingerprint density at radius 2 is 1.84 bits per heavy atom. The SMILES string of the molecule is COc1ccc(C(c2nnnn2Cc2ccc(F)cc2)N2CCC(C(N)=O)CC2)cc1. The maximum atomic E-state index is 13.3. The second kappa shape index (κ2) is 9.22. The number of carbonyl (C=O) groups is 1. The van der Waals surface area contributed by atoms with E-state index < -0.39 is 0 Å². The average molecular weight is 424 g/mol. The fraction of sp³-hybridized carbons (Fsp3) is 0.364. The van der Waals surface area contributed by atoms with Crippen LogP contribution in [0.15, 0.2) is 48.5 Å². The third-order valence-electron chi connectivity index (χ3n) is 5.78. The van der Waals surface area contributed by atoms with Gasteiger partial charge < -0.3 is 10.5 Å². The smallest absolute Gasteiger partial charge is 0.220 e. The Balaban J connectivity index is 1.65. The lowest BCUT2D eigenvalue weighted by atomic mass is 9.93. The zero-order valence-electron chi connectivity index (χ0n) is 17.3. The van der Waals surface area contributed by atoms with Crippen LogP contribution in [0.2, 0.25) is 0 Å². The molecule has 162 valence electrons. The number of ether oxygens (including phenoxy) is 1. The second-order valence-electron chi connectivity index (χ2n) is 7.71. The summed E-state index contributed by atoms with van der Waals surface area (Å²) in [7, 11) is 1.63. The van der Waals surface area contributed by atoms with Crippen LogP contribution in [-0.2, 0) is 11.3 Å². The lowest BCUT2D eigenvalue weighted by molar-refractivity contribution is -0.123. The summed E-state index contributed by atoms with van der Waals surface area (Å²) in [6.07, 6.45) is 1.39. The molecule has 1 amide bonds. The molecule has 8 nitrogen and oxygen atoms in total. The third-order valence-corrected chi connectivity index (χ3v) is 5.78. The van der Waals surface area contributed by atoms with Crippen molar-refractivity contribution in [3.05, 3.63) is 71.3 Å². The van der Waals surface area contributed by atoms with E-state index in [9.17, 15) is 9.18 Å². The van der Waals surface area contributed by atoms with Gasteiger partial charge in [0.1, 0.15) is 11.6 Å². The normalized spacial score (nSPS) is 16.2. The number of likely N-dealkylation sites (tertiary alicyclic amines) is 1. The number of aromatic nitrogens is 4. The first-order valence-electron chi connectivity index (χ1n) is 10.2. The van der Waals surface area contributed by atoms with Crippen LogP contribution in [0.3, 0.4) is 0 Å². The molecule has 0 bridgehead atoms. The molecule has 2 aromatic carbocycles. The number of methoxy groups -OCH3 is 1. The summed E-state index contributed by atoms with van der Waals surface area (Å²) in [5.41, 5.74) is 7.43. The van der Waals surface area contributed by atoms with Gasteiger partial charge in [-0.2, -0.15) is 0 Å². The number of piperidine rings is 1. The predicted octanol–water partition coefficient (Wildman–Crippen LogP) is 2.16. The molecule has 2 heterocycles. The molecular formula is C22H25FN6O2. The number of halogens is 1. The number of rotatable bonds is 7. The minimum absolute atomic E-state index is 0.108. The minimum Gasteiger partial charge on any atom is -0.497 e. The monoisotopic (exact) mass is 424 g/mol. The van der Waals surface area contributed by atoms with Crippen LogP contribution in [0, 0.1) is 11.7 Å². The van der Waals surface area contributed by atoms with Gasteiger partial charge in [-0.15, -0.1) is 5.10 Å². The molecule has 0 aliphatic carbocycles. The van der Waals surface area contributed by atoms with Crippen LogP contribution in [-0.4, -0.2) is 51.2 Å². The molecule has 0 spiro atoms. The maximum absolute atomic E-state index is 13.3. The number of tetrazole rings is 1. The van der Waals surface area contributed by atoms with Gasteiger partial charge in [0.15, 0.2) is 5.82 Å². The fourth-order valence-corrected chi connectivity index (χ4v) is 4.03. The van der Waals surface area contributed by atoms with Gasteiger partial charge in [0, 0.05) is 5.92 Å². The Bertz CT molecular complexity index is 1010. The lowest BCUT2D eigenvalue weighted by Gasteiger charge is -2.36. The highest BCUT2D eigenvalue weighted by Crippen LogP contribution is 2.32. The standard InChI is InChI=1S/C22H25FN6O2/c1-31-19-8-4-16(5-9-19)20(28-12-10-17(11-13-28)21(24)30)22-25-26-27-29(22)14-15-2-6-18(23)7-3-15/h2-9,17,20H,10-14H2,1H3,(H2,24,30). The van der Waals surface area contributed by atoms with Crippen molar-refractivity contribution in [3.8, 4) is 5.75 Å². The first kappa shape index (κ1) is 20.9. The van der Waals surface area contributed by atoms with Gasteiger partial charge in [0.05, 0.1) is 19.7 Å². The third kappa shape index (κ3) is 4.72. The van der Waals surface area contributed by atoms with Crippen molar-refractivity contribution in [1.82, 2.24) is 25.1 Å². The predicted molar refractivity (Wildman–Crippen MR) is 112 cm³/mol. The van der Waals surface area contributed by atoms with Crippen LogP contribution in [0.25, 0.3) is 0 Å². The summed E-state index contributed by atoms with van der Waals surface area (Å²) in [4.78, 5) is 13.9. The molecule has 1 atom stereocenters. The number of primary amides is 1. The van der Waals surface area contributed by atoms with Crippen molar-refractivity contribution in [3.63, 3.8) is 0 Å². The number of benzene rings is 2. The van der Waals surface area contributed by atoms with Crippen LogP contribution >= 0.6 is 0 Å². The molecule has 2 N–H and O–H groups in total. The Morgan fingerprint density at radius 3 is 2.45 bits per heavy atom. The van der Waals surface area contributed by atoms with E-state index in [0.717, 1.165) is 16.9 Å². The summed E-state index contributed by atoms with van der Waals surface area (Å²) >= 11 is 0. The number of nitrogens with two attached hydrogens (primary N) is 1. The lowest BCUT2D eigenvalue weighted by Crippen LogP contribution is -2.41. The van der Waals surface area contributed by atoms with Gasteiger partial charge in [-0.25, -0.2) is 9.07 Å². The van der Waals surface area contributed by atoms with Crippen LogP contribution in [0.5, 0.6) is 5.75 Å². The number of hydrogen-bond donors (Lipinski definition) is 1. The zero-order valence-corrected chi connectivity index (χ0v) is 17.3. The molecule has 1 aliphatic rings. The molecule has 0 saturated carbocycles. The van der Waals surface area contributed by atoms with Crippen LogP contribution < -0.4 is 10.5 Å². The molecule has 1 aliphatic heterocycles. The van der Waals surface area contributed by atoms with E-state index in [1.807, 2.05) is 24.3 Å². The van der Waals surface area contributed by atoms with Gasteiger partial charge in [0.2, 0.25) is 5.91 Å². The van der Waals surface area contributed by atoms with E-state index in [-0.39, 0.29) is 23.7 Å². The van der Waals surface area contributed by atoms with Crippen LogP contribution in [0.1, 0.15) is 35.8 Å². The highest BCUT2D eigenvalue weighted by atomic mass is 19.1. The molecule has 1 fully saturated rings. The van der Waals surface area contributed by atoms with Gasteiger partial charge >= 0.3 is 0 Å². The Labute approximate surface area is 179 Å². The quantitative estimate of drug-likeness (QED) is 0.624. The highest BCUT2D eigenvalue weighted by molar-refractivity contribution is 5.76. The van der Waals surface area contributed by atoms with Gasteiger partial charge in [-0.1, -0.05) is 24.3 Å². The van der Waals surface area contributed by atoms with E-state index in [0.29, 0.717) is 38.3 Å². The Kier molecular flexibility index (Phi) is 6.22. The summed E-state index contributed by atoms with van der Waals surface area (Å²) in [5, 5.41) is 12.4. The largest absolute Gasteiger partial charge is 0.497 e. The van der Waals surface area contributed by atoms with Gasteiger partial charge in [-0.3, -0.25) is 9.69 Å². The molecular weight excluding hydrogens is 399 g/mol. The molecule has 1 aromatic heterocycles. The number of carbonyl (C=O) groups excluding carboxylic acids is 1. The van der Waals surface area contributed by atoms with E-state index in [1.165, 1.54) is 12.1 Å². The fourth-order valence-electron chi connectivity index (χ4n) is 4.03. The molecule has 3 aromatic rings. The second-order valence-corrected chi connectivity index (χ2v) is 7.71. The molecule has 31 heavy (non-hydrogen) atoms. The van der Waals surface area contributed by atoms with Crippen molar-refractivity contribution < 1.29 is 13.9 Å². The van der Waals surface area contributed by atoms with E-state index >= 15 is 0 Å². The summed E-state index contributed by atoms with van der Waals surface area (Å²) in [5.74, 6) is 0.812. The first-order chi connectivity index (χ1) is 15.0. The van der Waals surface area contributed by atoms with E-state index in [4.69, 9.17) is 10.5 Å². The zero-order chi connectivity index (χ0) is 21.8. The van der Waals surface area contributed by atoms with E-state index in [2.05, 4.69) is 20.4 Å².